The second-order valence-corrected chi connectivity index (χ2v) is 5.18. The molecule has 6 heteroatoms. The van der Waals surface area contributed by atoms with Gasteiger partial charge in [-0.05, 0) is 41.5 Å². The van der Waals surface area contributed by atoms with Crippen LogP contribution >= 0.6 is 11.8 Å². The van der Waals surface area contributed by atoms with Crippen LogP contribution in [0.5, 0.6) is 5.75 Å². The minimum Gasteiger partial charge on any atom is -0.497 e. The lowest BCUT2D eigenvalue weighted by Gasteiger charge is -2.09. The average molecular weight is 310 g/mol. The minimum atomic E-state index is -2.48. The van der Waals surface area contributed by atoms with Crippen LogP contribution in [0.2, 0.25) is 0 Å². The molecule has 0 amide bonds. The molecule has 0 aromatic heterocycles. The first-order valence-electron chi connectivity index (χ1n) is 5.98. The number of ether oxygens (including phenoxy) is 1. The largest absolute Gasteiger partial charge is 0.497 e. The van der Waals surface area contributed by atoms with Crippen LogP contribution < -0.4 is 4.74 Å². The first kappa shape index (κ1) is 15.3. The molecule has 0 radical (unpaired) electrons. The molecule has 0 saturated carbocycles. The van der Waals surface area contributed by atoms with Crippen LogP contribution in [0.1, 0.15) is 10.4 Å². The summed E-state index contributed by atoms with van der Waals surface area (Å²) in [6, 6.07) is 11.1. The van der Waals surface area contributed by atoms with Gasteiger partial charge in [-0.2, -0.15) is 8.78 Å². The number of thioether (sulfide) groups is 1. The Kier molecular flexibility index (Phi) is 4.80. The van der Waals surface area contributed by atoms with E-state index in [1.54, 1.807) is 36.4 Å². The third kappa shape index (κ3) is 3.72. The van der Waals surface area contributed by atoms with Crippen LogP contribution in [0.3, 0.4) is 0 Å². The molecule has 0 heterocycles. The first-order chi connectivity index (χ1) is 10.0. The molecule has 0 unspecified atom stereocenters. The maximum atomic E-state index is 12.3. The number of benzene rings is 2. The van der Waals surface area contributed by atoms with E-state index >= 15 is 0 Å². The van der Waals surface area contributed by atoms with Gasteiger partial charge in [-0.1, -0.05) is 23.9 Å². The average Bonchev–Trinajstić information content (AvgIpc) is 2.47. The lowest BCUT2D eigenvalue weighted by Crippen LogP contribution is -2.00. The highest BCUT2D eigenvalue weighted by atomic mass is 32.2. The van der Waals surface area contributed by atoms with Crippen molar-refractivity contribution in [3.63, 3.8) is 0 Å². The summed E-state index contributed by atoms with van der Waals surface area (Å²) in [4.78, 5) is 11.7. The zero-order valence-corrected chi connectivity index (χ0v) is 11.9. The van der Waals surface area contributed by atoms with Gasteiger partial charge >= 0.3 is 5.97 Å². The summed E-state index contributed by atoms with van der Waals surface area (Å²) < 4.78 is 29.5. The number of carboxylic acids is 1. The summed E-state index contributed by atoms with van der Waals surface area (Å²) in [5.74, 6) is -3.11. The standard InChI is InChI=1S/C15H12F2O3S/c1-20-10-4-7-12(13(8-10)14(18)19)9-2-5-11(6-3-9)21-15(16)17/h2-8,15H,1H3,(H,18,19). The van der Waals surface area contributed by atoms with Gasteiger partial charge in [-0.15, -0.1) is 0 Å². The molecular formula is C15H12F2O3S. The van der Waals surface area contributed by atoms with E-state index in [1.165, 1.54) is 13.2 Å². The predicted octanol–water partition coefficient (Wildman–Crippen LogP) is 4.38. The Labute approximate surface area is 124 Å². The topological polar surface area (TPSA) is 46.5 Å². The molecule has 0 fully saturated rings. The van der Waals surface area contributed by atoms with Crippen LogP contribution in [-0.4, -0.2) is 23.9 Å². The highest BCUT2D eigenvalue weighted by Crippen LogP contribution is 2.31. The number of hydrogen-bond donors (Lipinski definition) is 1. The summed E-state index contributed by atoms with van der Waals surface area (Å²) in [6.45, 7) is 0. The normalized spacial score (nSPS) is 10.7. The van der Waals surface area contributed by atoms with Crippen molar-refractivity contribution in [2.45, 2.75) is 10.7 Å². The van der Waals surface area contributed by atoms with Crippen LogP contribution in [0, 0.1) is 0 Å². The van der Waals surface area contributed by atoms with Gasteiger partial charge in [0.05, 0.1) is 12.7 Å². The van der Waals surface area contributed by atoms with Gasteiger partial charge in [0.25, 0.3) is 5.76 Å². The Morgan fingerprint density at radius 1 is 1.19 bits per heavy atom. The zero-order chi connectivity index (χ0) is 15.4. The minimum absolute atomic E-state index is 0.101. The molecule has 3 nitrogen and oxygen atoms in total. The Balaban J connectivity index is 2.39. The Morgan fingerprint density at radius 3 is 2.38 bits per heavy atom. The Hall–Kier alpha value is -2.08. The van der Waals surface area contributed by atoms with E-state index in [0.29, 0.717) is 33.5 Å². The van der Waals surface area contributed by atoms with E-state index in [4.69, 9.17) is 4.74 Å². The molecule has 0 saturated heterocycles. The van der Waals surface area contributed by atoms with Gasteiger partial charge in [0.2, 0.25) is 0 Å². The molecule has 1 N–H and O–H groups in total. The lowest BCUT2D eigenvalue weighted by molar-refractivity contribution is 0.0697. The van der Waals surface area contributed by atoms with Crippen LogP contribution in [0.15, 0.2) is 47.4 Å². The summed E-state index contributed by atoms with van der Waals surface area (Å²) >= 11 is 0.449. The maximum absolute atomic E-state index is 12.3. The van der Waals surface area contributed by atoms with Gasteiger partial charge in [0, 0.05) is 4.90 Å². The summed E-state index contributed by atoms with van der Waals surface area (Å²) in [5, 5.41) is 9.26. The fraction of sp³-hybridized carbons (Fsp3) is 0.133. The van der Waals surface area contributed by atoms with E-state index in [9.17, 15) is 18.7 Å². The molecule has 21 heavy (non-hydrogen) atoms. The molecule has 0 atom stereocenters. The van der Waals surface area contributed by atoms with E-state index in [0.717, 1.165) is 0 Å². The van der Waals surface area contributed by atoms with Gasteiger partial charge < -0.3 is 9.84 Å². The predicted molar refractivity (Wildman–Crippen MR) is 77.3 cm³/mol. The quantitative estimate of drug-likeness (QED) is 0.833. The van der Waals surface area contributed by atoms with Gasteiger partial charge in [0.1, 0.15) is 5.75 Å². The van der Waals surface area contributed by atoms with Crippen molar-refractivity contribution in [3.8, 4) is 16.9 Å². The third-order valence-corrected chi connectivity index (χ3v) is 3.57. The van der Waals surface area contributed by atoms with Crippen LogP contribution in [-0.2, 0) is 0 Å². The number of rotatable bonds is 5. The number of halogens is 2. The van der Waals surface area contributed by atoms with Crippen molar-refractivity contribution in [2.24, 2.45) is 0 Å². The number of hydrogen-bond acceptors (Lipinski definition) is 3. The monoisotopic (exact) mass is 310 g/mol. The Bertz CT molecular complexity index is 642. The molecule has 0 spiro atoms. The van der Waals surface area contributed by atoms with Crippen molar-refractivity contribution in [3.05, 3.63) is 48.0 Å². The van der Waals surface area contributed by atoms with Crippen molar-refractivity contribution in [2.75, 3.05) is 7.11 Å². The smallest absolute Gasteiger partial charge is 0.336 e. The summed E-state index contributed by atoms with van der Waals surface area (Å²) in [5.41, 5.74) is 1.26. The zero-order valence-electron chi connectivity index (χ0n) is 11.0. The molecule has 2 aromatic rings. The van der Waals surface area contributed by atoms with E-state index in [1.807, 2.05) is 0 Å². The van der Waals surface area contributed by atoms with Gasteiger partial charge in [0.15, 0.2) is 0 Å². The van der Waals surface area contributed by atoms with Gasteiger partial charge in [-0.3, -0.25) is 0 Å². The molecule has 2 rings (SSSR count). The highest BCUT2D eigenvalue weighted by molar-refractivity contribution is 7.99. The van der Waals surface area contributed by atoms with Crippen molar-refractivity contribution in [1.82, 2.24) is 0 Å². The van der Waals surface area contributed by atoms with Gasteiger partial charge in [-0.25, -0.2) is 4.79 Å². The third-order valence-electron chi connectivity index (χ3n) is 2.85. The van der Waals surface area contributed by atoms with E-state index in [-0.39, 0.29) is 5.56 Å². The highest BCUT2D eigenvalue weighted by Gasteiger charge is 2.13. The van der Waals surface area contributed by atoms with Crippen molar-refractivity contribution < 1.29 is 23.4 Å². The number of methoxy groups -OCH3 is 1. The molecule has 0 aliphatic carbocycles. The molecule has 0 aliphatic rings. The Morgan fingerprint density at radius 2 is 1.86 bits per heavy atom. The lowest BCUT2D eigenvalue weighted by atomic mass is 9.99. The number of aromatic carboxylic acids is 1. The molecular weight excluding hydrogens is 298 g/mol. The van der Waals surface area contributed by atoms with Crippen LogP contribution in [0.4, 0.5) is 8.78 Å². The maximum Gasteiger partial charge on any atom is 0.336 e. The number of carboxylic acid groups (broad SMARTS) is 1. The number of carbonyl (C=O) groups is 1. The molecule has 110 valence electrons. The second-order valence-electron chi connectivity index (χ2n) is 4.12. The molecule has 0 bridgehead atoms. The summed E-state index contributed by atoms with van der Waals surface area (Å²) in [7, 11) is 1.46. The fourth-order valence-corrected chi connectivity index (χ4v) is 2.39. The number of alkyl halides is 2. The fourth-order valence-electron chi connectivity index (χ4n) is 1.89. The van der Waals surface area contributed by atoms with Crippen molar-refractivity contribution in [1.29, 1.82) is 0 Å². The van der Waals surface area contributed by atoms with E-state index in [2.05, 4.69) is 0 Å². The second kappa shape index (κ2) is 6.58. The SMILES string of the molecule is COc1ccc(-c2ccc(SC(F)F)cc2)c(C(=O)O)c1. The van der Waals surface area contributed by atoms with Crippen molar-refractivity contribution >= 4 is 17.7 Å². The van der Waals surface area contributed by atoms with Crippen LogP contribution in [0.25, 0.3) is 11.1 Å². The summed E-state index contributed by atoms with van der Waals surface area (Å²) in [6.07, 6.45) is 0. The molecule has 0 aliphatic heterocycles. The first-order valence-corrected chi connectivity index (χ1v) is 6.86. The molecule has 2 aromatic carbocycles. The van der Waals surface area contributed by atoms with E-state index < -0.39 is 11.7 Å².